The van der Waals surface area contributed by atoms with Crippen LogP contribution >= 0.6 is 34.9 Å². The smallest absolute Gasteiger partial charge is 0.234 e. The Morgan fingerprint density at radius 3 is 2.57 bits per heavy atom. The third kappa shape index (κ3) is 5.13. The number of ether oxygens (including phenoxy) is 1. The molecule has 0 spiro atoms. The minimum atomic E-state index is -0.107. The second-order valence-corrected chi connectivity index (χ2v) is 9.72. The Morgan fingerprint density at radius 2 is 1.70 bits per heavy atom. The number of nitrogens with zero attached hydrogens (tertiary/aromatic N) is 2. The number of hydrogen-bond donors (Lipinski definition) is 1. The van der Waals surface area contributed by atoms with Crippen LogP contribution in [0.25, 0.3) is 10.8 Å². The Bertz CT molecular complexity index is 1160. The second-order valence-electron chi connectivity index (χ2n) is 6.30. The summed E-state index contributed by atoms with van der Waals surface area (Å²) in [5.74, 6) is 1.62. The van der Waals surface area contributed by atoms with Crippen LogP contribution in [0.5, 0.6) is 5.75 Å². The maximum Gasteiger partial charge on any atom is 0.234 e. The van der Waals surface area contributed by atoms with E-state index in [1.54, 1.807) is 18.9 Å². The van der Waals surface area contributed by atoms with Gasteiger partial charge in [0.25, 0.3) is 0 Å². The minimum Gasteiger partial charge on any atom is -0.495 e. The fourth-order valence-corrected chi connectivity index (χ4v) is 5.76. The number of thioether (sulfide) groups is 2. The van der Waals surface area contributed by atoms with E-state index in [2.05, 4.69) is 58.0 Å². The molecule has 4 rings (SSSR count). The zero-order valence-corrected chi connectivity index (χ0v) is 18.7. The van der Waals surface area contributed by atoms with Gasteiger partial charge in [-0.15, -0.1) is 10.2 Å². The molecule has 0 bridgehead atoms. The summed E-state index contributed by atoms with van der Waals surface area (Å²) < 4.78 is 6.94. The molecule has 4 aromatic rings. The maximum absolute atomic E-state index is 12.3. The number of carbonyl (C=O) groups is 1. The lowest BCUT2D eigenvalue weighted by Gasteiger charge is -2.08. The molecule has 8 heteroatoms. The molecule has 1 aromatic heterocycles. The van der Waals surface area contributed by atoms with Gasteiger partial charge in [-0.1, -0.05) is 89.5 Å². The molecular formula is C22H19N3O2S3. The van der Waals surface area contributed by atoms with Crippen molar-refractivity contribution >= 4 is 57.2 Å². The van der Waals surface area contributed by atoms with Gasteiger partial charge >= 0.3 is 0 Å². The van der Waals surface area contributed by atoms with E-state index >= 15 is 0 Å². The van der Waals surface area contributed by atoms with E-state index in [0.29, 0.717) is 11.4 Å². The lowest BCUT2D eigenvalue weighted by atomic mass is 10.1. The molecule has 5 nitrogen and oxygen atoms in total. The van der Waals surface area contributed by atoms with Crippen molar-refractivity contribution in [3.63, 3.8) is 0 Å². The molecule has 1 N–H and O–H groups in total. The van der Waals surface area contributed by atoms with E-state index in [-0.39, 0.29) is 11.7 Å². The SMILES string of the molecule is COc1ccccc1NC(=O)CSc1nnc(SCc2cccc3ccccc23)s1. The zero-order chi connectivity index (χ0) is 20.8. The number of anilines is 1. The maximum atomic E-state index is 12.3. The third-order valence-corrected chi connectivity index (χ3v) is 7.57. The molecule has 0 atom stereocenters. The van der Waals surface area contributed by atoms with Crippen LogP contribution < -0.4 is 10.1 Å². The summed E-state index contributed by atoms with van der Waals surface area (Å²) in [6, 6.07) is 22.1. The van der Waals surface area contributed by atoms with E-state index in [1.165, 1.54) is 39.4 Å². The highest BCUT2D eigenvalue weighted by Crippen LogP contribution is 2.32. The van der Waals surface area contributed by atoms with Crippen LogP contribution in [0.4, 0.5) is 5.69 Å². The first-order chi connectivity index (χ1) is 14.7. The molecule has 3 aromatic carbocycles. The largest absolute Gasteiger partial charge is 0.495 e. The Labute approximate surface area is 187 Å². The first-order valence-corrected chi connectivity index (χ1v) is 12.0. The van der Waals surface area contributed by atoms with E-state index < -0.39 is 0 Å². The van der Waals surface area contributed by atoms with Crippen molar-refractivity contribution in [3.8, 4) is 5.75 Å². The van der Waals surface area contributed by atoms with Crippen molar-refractivity contribution in [2.45, 2.75) is 14.4 Å². The average Bonchev–Trinajstić information content (AvgIpc) is 3.24. The number of hydrogen-bond acceptors (Lipinski definition) is 7. The normalized spacial score (nSPS) is 10.8. The third-order valence-electron chi connectivity index (χ3n) is 4.33. The van der Waals surface area contributed by atoms with E-state index in [1.807, 2.05) is 24.3 Å². The van der Waals surface area contributed by atoms with Crippen LogP contribution in [0, 0.1) is 0 Å². The quantitative estimate of drug-likeness (QED) is 0.344. The van der Waals surface area contributed by atoms with Crippen molar-refractivity contribution in [3.05, 3.63) is 72.3 Å². The number of aromatic nitrogens is 2. The molecule has 0 aliphatic carbocycles. The van der Waals surface area contributed by atoms with Crippen molar-refractivity contribution in [1.29, 1.82) is 0 Å². The summed E-state index contributed by atoms with van der Waals surface area (Å²) in [4.78, 5) is 12.3. The summed E-state index contributed by atoms with van der Waals surface area (Å²) in [6.07, 6.45) is 0. The van der Waals surface area contributed by atoms with Crippen LogP contribution in [0.1, 0.15) is 5.56 Å². The highest BCUT2D eigenvalue weighted by Gasteiger charge is 2.11. The van der Waals surface area contributed by atoms with Crippen LogP contribution in [0.3, 0.4) is 0 Å². The standard InChI is InChI=1S/C22H19N3O2S3/c1-27-19-12-5-4-11-18(19)23-20(26)14-29-22-25-24-21(30-22)28-13-16-9-6-8-15-7-2-3-10-17(15)16/h2-12H,13-14H2,1H3,(H,23,26). The summed E-state index contributed by atoms with van der Waals surface area (Å²) >= 11 is 4.56. The number of para-hydroxylation sites is 2. The Hall–Kier alpha value is -2.55. The van der Waals surface area contributed by atoms with Crippen molar-refractivity contribution in [2.24, 2.45) is 0 Å². The topological polar surface area (TPSA) is 64.1 Å². The molecule has 0 aliphatic rings. The molecule has 0 aliphatic heterocycles. The zero-order valence-electron chi connectivity index (χ0n) is 16.2. The number of carbonyl (C=O) groups excluding carboxylic acids is 1. The Morgan fingerprint density at radius 1 is 0.967 bits per heavy atom. The molecule has 0 fully saturated rings. The van der Waals surface area contributed by atoms with Crippen molar-refractivity contribution in [1.82, 2.24) is 10.2 Å². The summed E-state index contributed by atoms with van der Waals surface area (Å²) in [6.45, 7) is 0. The van der Waals surface area contributed by atoms with Gasteiger partial charge in [0.1, 0.15) is 5.75 Å². The predicted octanol–water partition coefficient (Wildman–Crippen LogP) is 5.72. The highest BCUT2D eigenvalue weighted by molar-refractivity contribution is 8.03. The van der Waals surface area contributed by atoms with E-state index in [0.717, 1.165) is 14.4 Å². The number of methoxy groups -OCH3 is 1. The van der Waals surface area contributed by atoms with Gasteiger partial charge in [-0.05, 0) is 28.5 Å². The van der Waals surface area contributed by atoms with Gasteiger partial charge < -0.3 is 10.1 Å². The van der Waals surface area contributed by atoms with Crippen LogP contribution in [0.2, 0.25) is 0 Å². The van der Waals surface area contributed by atoms with E-state index in [9.17, 15) is 4.79 Å². The molecule has 30 heavy (non-hydrogen) atoms. The molecule has 152 valence electrons. The molecule has 0 saturated heterocycles. The number of nitrogens with one attached hydrogen (secondary N) is 1. The van der Waals surface area contributed by atoms with Gasteiger partial charge in [0.05, 0.1) is 18.6 Å². The number of benzene rings is 3. The summed E-state index contributed by atoms with van der Waals surface area (Å²) in [7, 11) is 1.58. The summed E-state index contributed by atoms with van der Waals surface area (Å²) in [5.41, 5.74) is 1.94. The fraction of sp³-hybridized carbons (Fsp3) is 0.136. The van der Waals surface area contributed by atoms with Crippen LogP contribution in [0.15, 0.2) is 75.4 Å². The van der Waals surface area contributed by atoms with E-state index in [4.69, 9.17) is 4.74 Å². The van der Waals surface area contributed by atoms with Gasteiger partial charge in [0, 0.05) is 5.75 Å². The molecule has 0 saturated carbocycles. The highest BCUT2D eigenvalue weighted by atomic mass is 32.2. The number of fused-ring (bicyclic) bond motifs is 1. The predicted molar refractivity (Wildman–Crippen MR) is 126 cm³/mol. The fourth-order valence-electron chi connectivity index (χ4n) is 2.93. The number of amides is 1. The summed E-state index contributed by atoms with van der Waals surface area (Å²) in [5, 5.41) is 13.8. The van der Waals surface area contributed by atoms with Gasteiger partial charge in [-0.25, -0.2) is 0 Å². The molecule has 0 radical (unpaired) electrons. The van der Waals surface area contributed by atoms with Gasteiger partial charge in [0.15, 0.2) is 8.68 Å². The molecule has 1 heterocycles. The molecule has 1 amide bonds. The first-order valence-electron chi connectivity index (χ1n) is 9.21. The average molecular weight is 454 g/mol. The first kappa shape index (κ1) is 20.7. The molecular weight excluding hydrogens is 434 g/mol. The molecule has 0 unspecified atom stereocenters. The van der Waals surface area contributed by atoms with Gasteiger partial charge in [0.2, 0.25) is 5.91 Å². The van der Waals surface area contributed by atoms with Gasteiger partial charge in [-0.2, -0.15) is 0 Å². The number of rotatable bonds is 8. The Kier molecular flexibility index (Phi) is 6.88. The van der Waals surface area contributed by atoms with Crippen LogP contribution in [-0.2, 0) is 10.5 Å². The second kappa shape index (κ2) is 9.97. The lowest BCUT2D eigenvalue weighted by molar-refractivity contribution is -0.113. The van der Waals surface area contributed by atoms with Gasteiger partial charge in [-0.3, -0.25) is 4.79 Å². The Balaban J connectivity index is 1.31. The van der Waals surface area contributed by atoms with Crippen LogP contribution in [-0.4, -0.2) is 29.0 Å². The van der Waals surface area contributed by atoms with Crippen molar-refractivity contribution in [2.75, 3.05) is 18.2 Å². The van der Waals surface area contributed by atoms with Crippen molar-refractivity contribution < 1.29 is 9.53 Å². The monoisotopic (exact) mass is 453 g/mol. The lowest BCUT2D eigenvalue weighted by Crippen LogP contribution is -2.14. The minimum absolute atomic E-state index is 0.107.